The monoisotopic (exact) mass is 305 g/mol. The van der Waals surface area contributed by atoms with Crippen LogP contribution in [0.4, 0.5) is 4.39 Å². The second-order valence-corrected chi connectivity index (χ2v) is 6.32. The molecule has 0 bridgehead atoms. The van der Waals surface area contributed by atoms with Crippen molar-refractivity contribution in [2.24, 2.45) is 0 Å². The summed E-state index contributed by atoms with van der Waals surface area (Å²) in [5.74, 6) is -0.189. The van der Waals surface area contributed by atoms with Crippen molar-refractivity contribution in [1.82, 2.24) is 4.90 Å². The van der Waals surface area contributed by atoms with E-state index in [1.165, 1.54) is 7.11 Å². The number of methoxy groups -OCH3 is 1. The summed E-state index contributed by atoms with van der Waals surface area (Å²) in [5.41, 5.74) is 1.96. The molecule has 1 unspecified atom stereocenters. The minimum absolute atomic E-state index is 0.0739. The predicted octanol–water partition coefficient (Wildman–Crippen LogP) is 3.94. The van der Waals surface area contributed by atoms with Crippen molar-refractivity contribution in [2.45, 2.75) is 26.3 Å². The first kappa shape index (κ1) is 14.1. The van der Waals surface area contributed by atoms with Gasteiger partial charge in [-0.1, -0.05) is 0 Å². The third-order valence-electron chi connectivity index (χ3n) is 3.83. The van der Waals surface area contributed by atoms with Gasteiger partial charge in [-0.3, -0.25) is 4.79 Å². The quantitative estimate of drug-likeness (QED) is 0.828. The van der Waals surface area contributed by atoms with E-state index in [9.17, 15) is 9.18 Å². The summed E-state index contributed by atoms with van der Waals surface area (Å²) >= 11 is 1.54. The van der Waals surface area contributed by atoms with Crippen LogP contribution in [0.2, 0.25) is 0 Å². The molecule has 1 aliphatic carbocycles. The zero-order valence-electron chi connectivity index (χ0n) is 12.1. The smallest absolute Gasteiger partial charge is 0.259 e. The Morgan fingerprint density at radius 1 is 1.48 bits per heavy atom. The van der Waals surface area contributed by atoms with Gasteiger partial charge in [-0.2, -0.15) is 0 Å². The van der Waals surface area contributed by atoms with Crippen molar-refractivity contribution in [1.29, 1.82) is 0 Å². The maximum absolute atomic E-state index is 14.3. The molecule has 2 aliphatic rings. The highest BCUT2D eigenvalue weighted by atomic mass is 32.1. The molecule has 1 aromatic rings. The molecule has 1 aliphatic heterocycles. The van der Waals surface area contributed by atoms with Crippen LogP contribution in [0.5, 0.6) is 0 Å². The number of fused-ring (bicyclic) bond motifs is 1. The molecule has 0 aromatic carbocycles. The fourth-order valence-corrected chi connectivity index (χ4v) is 3.51. The molecule has 0 spiro atoms. The zero-order chi connectivity index (χ0) is 15.1. The Morgan fingerprint density at radius 2 is 2.24 bits per heavy atom. The van der Waals surface area contributed by atoms with Crippen LogP contribution < -0.4 is 0 Å². The van der Waals surface area contributed by atoms with Gasteiger partial charge < -0.3 is 9.64 Å². The van der Waals surface area contributed by atoms with Crippen LogP contribution in [0.3, 0.4) is 0 Å². The van der Waals surface area contributed by atoms with E-state index in [2.05, 4.69) is 0 Å². The van der Waals surface area contributed by atoms with Gasteiger partial charge in [0.15, 0.2) is 11.6 Å². The molecule has 3 rings (SSSR count). The number of rotatable bonds is 2. The molecule has 0 radical (unpaired) electrons. The summed E-state index contributed by atoms with van der Waals surface area (Å²) in [7, 11) is 1.45. The van der Waals surface area contributed by atoms with E-state index >= 15 is 0 Å². The molecule has 5 heteroatoms. The summed E-state index contributed by atoms with van der Waals surface area (Å²) in [6.07, 6.45) is 4.01. The molecular formula is C16H16FNO2S. The lowest BCUT2D eigenvalue weighted by molar-refractivity contribution is 0.0779. The van der Waals surface area contributed by atoms with E-state index in [4.69, 9.17) is 4.74 Å². The minimum atomic E-state index is -0.370. The van der Waals surface area contributed by atoms with Crippen LogP contribution in [0, 0.1) is 6.92 Å². The van der Waals surface area contributed by atoms with Crippen LogP contribution in [0.15, 0.2) is 46.5 Å². The number of hydrogen-bond donors (Lipinski definition) is 0. The average Bonchev–Trinajstić information content (AvgIpc) is 3.02. The maximum atomic E-state index is 14.3. The number of ether oxygens (including phenoxy) is 1. The van der Waals surface area contributed by atoms with Crippen LogP contribution in [0.1, 0.15) is 28.6 Å². The molecule has 0 saturated carbocycles. The van der Waals surface area contributed by atoms with E-state index < -0.39 is 0 Å². The molecular weight excluding hydrogens is 289 g/mol. The van der Waals surface area contributed by atoms with Crippen LogP contribution in [-0.4, -0.2) is 24.0 Å². The minimum Gasteiger partial charge on any atom is -0.494 e. The van der Waals surface area contributed by atoms with Gasteiger partial charge in [0.2, 0.25) is 0 Å². The lowest BCUT2D eigenvalue weighted by Gasteiger charge is -2.28. The number of aryl methyl sites for hydroxylation is 1. The highest BCUT2D eigenvalue weighted by Crippen LogP contribution is 2.38. The number of carbonyl (C=O) groups excluding carboxylic acids is 1. The topological polar surface area (TPSA) is 29.5 Å². The largest absolute Gasteiger partial charge is 0.494 e. The lowest BCUT2D eigenvalue weighted by atomic mass is 9.98. The zero-order valence-corrected chi connectivity index (χ0v) is 13.0. The molecule has 3 nitrogen and oxygen atoms in total. The first-order valence-corrected chi connectivity index (χ1v) is 7.62. The van der Waals surface area contributed by atoms with Crippen molar-refractivity contribution in [2.75, 3.05) is 7.11 Å². The second kappa shape index (κ2) is 5.15. The van der Waals surface area contributed by atoms with Crippen molar-refractivity contribution in [3.8, 4) is 0 Å². The number of amides is 1. The van der Waals surface area contributed by atoms with Gasteiger partial charge >= 0.3 is 0 Å². The van der Waals surface area contributed by atoms with E-state index in [0.29, 0.717) is 17.6 Å². The van der Waals surface area contributed by atoms with Gasteiger partial charge in [0.05, 0.1) is 18.7 Å². The van der Waals surface area contributed by atoms with Gasteiger partial charge in [0, 0.05) is 21.5 Å². The van der Waals surface area contributed by atoms with E-state index in [1.807, 2.05) is 25.3 Å². The van der Waals surface area contributed by atoms with Gasteiger partial charge in [-0.25, -0.2) is 4.39 Å². The Hall–Kier alpha value is -1.88. The maximum Gasteiger partial charge on any atom is 0.259 e. The lowest BCUT2D eigenvalue weighted by Crippen LogP contribution is -2.36. The summed E-state index contributed by atoms with van der Waals surface area (Å²) in [4.78, 5) is 15.4. The Morgan fingerprint density at radius 3 is 2.86 bits per heavy atom. The number of nitrogens with zero attached hydrogens (tertiary/aromatic N) is 1. The standard InChI is InChI=1S/C16H16FNO2S/c1-9-6-12-13(4-5-14(20-3)15(12)17)18(9)16(19)11-7-10(2)21-8-11/h5-8,13H,4H2,1-3H3. The van der Waals surface area contributed by atoms with Gasteiger partial charge in [0.25, 0.3) is 5.91 Å². The third kappa shape index (κ3) is 2.21. The third-order valence-corrected chi connectivity index (χ3v) is 4.69. The molecule has 0 fully saturated rings. The fourth-order valence-electron chi connectivity index (χ4n) is 2.84. The first-order chi connectivity index (χ1) is 10.0. The Bertz CT molecular complexity index is 699. The van der Waals surface area contributed by atoms with Crippen molar-refractivity contribution in [3.05, 3.63) is 56.9 Å². The summed E-state index contributed by atoms with van der Waals surface area (Å²) < 4.78 is 19.4. The van der Waals surface area contributed by atoms with Crippen molar-refractivity contribution >= 4 is 17.2 Å². The number of thiophene rings is 1. The highest BCUT2D eigenvalue weighted by Gasteiger charge is 2.37. The molecule has 0 N–H and O–H groups in total. The molecule has 1 amide bonds. The Balaban J connectivity index is 1.95. The average molecular weight is 305 g/mol. The SMILES string of the molecule is COC1=CCC2C(=C1F)C=C(C)N2C(=O)c1csc(C)c1. The summed E-state index contributed by atoms with van der Waals surface area (Å²) in [6.45, 7) is 3.80. The molecule has 21 heavy (non-hydrogen) atoms. The molecule has 1 atom stereocenters. The van der Waals surface area contributed by atoms with Crippen molar-refractivity contribution < 1.29 is 13.9 Å². The fraction of sp³-hybridized carbons (Fsp3) is 0.312. The van der Waals surface area contributed by atoms with E-state index in [1.54, 1.807) is 28.4 Å². The molecule has 110 valence electrons. The summed E-state index contributed by atoms with van der Waals surface area (Å²) in [6, 6.07) is 1.61. The molecule has 1 aromatic heterocycles. The van der Waals surface area contributed by atoms with E-state index in [-0.39, 0.29) is 23.5 Å². The van der Waals surface area contributed by atoms with Gasteiger partial charge in [0.1, 0.15) is 0 Å². The number of allylic oxidation sites excluding steroid dienone is 2. The second-order valence-electron chi connectivity index (χ2n) is 5.20. The van der Waals surface area contributed by atoms with Crippen LogP contribution >= 0.6 is 11.3 Å². The first-order valence-electron chi connectivity index (χ1n) is 6.74. The molecule has 0 saturated heterocycles. The summed E-state index contributed by atoms with van der Waals surface area (Å²) in [5, 5.41) is 1.85. The number of halogens is 1. The van der Waals surface area contributed by atoms with E-state index in [0.717, 1.165) is 10.6 Å². The van der Waals surface area contributed by atoms with Crippen LogP contribution in [0.25, 0.3) is 0 Å². The van der Waals surface area contributed by atoms with Crippen molar-refractivity contribution in [3.63, 3.8) is 0 Å². The normalized spacial score (nSPS) is 21.1. The molecule has 2 heterocycles. The predicted molar refractivity (Wildman–Crippen MR) is 80.6 cm³/mol. The Labute approximate surface area is 127 Å². The van der Waals surface area contributed by atoms with Gasteiger partial charge in [-0.15, -0.1) is 11.3 Å². The van der Waals surface area contributed by atoms with Crippen LogP contribution in [-0.2, 0) is 4.74 Å². The number of carbonyl (C=O) groups is 1. The highest BCUT2D eigenvalue weighted by molar-refractivity contribution is 7.10. The van der Waals surface area contributed by atoms with Gasteiger partial charge in [-0.05, 0) is 38.5 Å². The number of hydrogen-bond acceptors (Lipinski definition) is 3. The Kier molecular flexibility index (Phi) is 3.45.